The van der Waals surface area contributed by atoms with Gasteiger partial charge in [0.1, 0.15) is 0 Å². The molecule has 0 aliphatic carbocycles. The Morgan fingerprint density at radius 3 is 2.50 bits per heavy atom. The van der Waals surface area contributed by atoms with Crippen LogP contribution in [0, 0.1) is 5.92 Å². The lowest BCUT2D eigenvalue weighted by Gasteiger charge is -2.53. The lowest BCUT2D eigenvalue weighted by Crippen LogP contribution is -2.66. The predicted octanol–water partition coefficient (Wildman–Crippen LogP) is 1.93. The van der Waals surface area contributed by atoms with E-state index in [-0.39, 0.29) is 48.2 Å². The van der Waals surface area contributed by atoms with Crippen molar-refractivity contribution < 1.29 is 27.6 Å². The predicted molar refractivity (Wildman–Crippen MR) is 101 cm³/mol. The average Bonchev–Trinajstić information content (AvgIpc) is 3.06. The highest BCUT2D eigenvalue weighted by molar-refractivity contribution is 5.86. The van der Waals surface area contributed by atoms with Crippen molar-refractivity contribution in [2.75, 3.05) is 32.7 Å². The number of nitrogens with zero attached hydrogens (tertiary/aromatic N) is 3. The molecule has 162 valence electrons. The van der Waals surface area contributed by atoms with Crippen LogP contribution in [0.25, 0.3) is 0 Å². The van der Waals surface area contributed by atoms with E-state index in [1.807, 2.05) is 0 Å². The van der Waals surface area contributed by atoms with Gasteiger partial charge in [0, 0.05) is 44.6 Å². The number of hydrogen-bond acceptors (Lipinski definition) is 3. The monoisotopic (exact) mass is 423 g/mol. The first-order valence-corrected chi connectivity index (χ1v) is 10.2. The van der Waals surface area contributed by atoms with Gasteiger partial charge in [0.25, 0.3) is 0 Å². The first-order chi connectivity index (χ1) is 14.2. The number of hydrogen-bond donors (Lipinski definition) is 0. The number of carbonyl (C=O) groups is 3. The van der Waals surface area contributed by atoms with Gasteiger partial charge in [-0.15, -0.1) is 0 Å². The van der Waals surface area contributed by atoms with Gasteiger partial charge in [0.2, 0.25) is 17.7 Å². The third-order valence-corrected chi connectivity index (χ3v) is 6.36. The fourth-order valence-electron chi connectivity index (χ4n) is 4.72. The summed E-state index contributed by atoms with van der Waals surface area (Å²) in [7, 11) is 0. The van der Waals surface area contributed by atoms with Crippen molar-refractivity contribution in [1.82, 2.24) is 14.7 Å². The van der Waals surface area contributed by atoms with E-state index in [1.165, 1.54) is 18.2 Å². The van der Waals surface area contributed by atoms with E-state index in [0.29, 0.717) is 39.0 Å². The zero-order valence-electron chi connectivity index (χ0n) is 16.5. The third kappa shape index (κ3) is 4.02. The molecule has 3 saturated heterocycles. The zero-order chi connectivity index (χ0) is 21.5. The maximum Gasteiger partial charge on any atom is 0.416 e. The molecular weight excluding hydrogens is 399 g/mol. The number of rotatable bonds is 4. The maximum atomic E-state index is 13.2. The van der Waals surface area contributed by atoms with Gasteiger partial charge < -0.3 is 14.7 Å². The summed E-state index contributed by atoms with van der Waals surface area (Å²) in [6.07, 6.45) is -2.88. The minimum Gasteiger partial charge on any atom is -0.341 e. The Kier molecular flexibility index (Phi) is 5.46. The molecule has 6 nitrogen and oxygen atoms in total. The van der Waals surface area contributed by atoms with Gasteiger partial charge in [-0.1, -0.05) is 18.2 Å². The smallest absolute Gasteiger partial charge is 0.341 e. The Morgan fingerprint density at radius 2 is 1.83 bits per heavy atom. The molecule has 3 amide bonds. The van der Waals surface area contributed by atoms with E-state index in [2.05, 4.69) is 0 Å². The zero-order valence-corrected chi connectivity index (χ0v) is 16.5. The highest BCUT2D eigenvalue weighted by atomic mass is 19.4. The number of piperidine rings is 1. The molecule has 0 bridgehead atoms. The van der Waals surface area contributed by atoms with Crippen molar-refractivity contribution in [1.29, 1.82) is 0 Å². The molecule has 0 saturated carbocycles. The number of likely N-dealkylation sites (tertiary alicyclic amines) is 3. The lowest BCUT2D eigenvalue weighted by atomic mass is 9.82. The van der Waals surface area contributed by atoms with Crippen molar-refractivity contribution in [3.05, 3.63) is 35.4 Å². The fourth-order valence-corrected chi connectivity index (χ4v) is 4.72. The second kappa shape index (κ2) is 7.92. The molecule has 9 heteroatoms. The van der Waals surface area contributed by atoms with Gasteiger partial charge in [-0.2, -0.15) is 13.2 Å². The largest absolute Gasteiger partial charge is 0.416 e. The van der Waals surface area contributed by atoms with E-state index >= 15 is 0 Å². The fraction of sp³-hybridized carbons (Fsp3) is 0.571. The van der Waals surface area contributed by atoms with Crippen LogP contribution in [0.1, 0.15) is 30.4 Å². The van der Waals surface area contributed by atoms with Crippen LogP contribution in [0.4, 0.5) is 13.2 Å². The van der Waals surface area contributed by atoms with E-state index in [0.717, 1.165) is 12.5 Å². The summed E-state index contributed by atoms with van der Waals surface area (Å²) in [6.45, 7) is 2.18. The van der Waals surface area contributed by atoms with Crippen LogP contribution in [0.2, 0.25) is 0 Å². The third-order valence-electron chi connectivity index (χ3n) is 6.36. The van der Waals surface area contributed by atoms with Crippen molar-refractivity contribution in [2.45, 2.75) is 37.9 Å². The molecule has 3 aliphatic heterocycles. The number of amides is 3. The van der Waals surface area contributed by atoms with Crippen molar-refractivity contribution >= 4 is 17.7 Å². The Balaban J connectivity index is 1.32. The second-order valence-electron chi connectivity index (χ2n) is 8.25. The van der Waals surface area contributed by atoms with E-state index < -0.39 is 11.7 Å². The molecule has 3 fully saturated rings. The summed E-state index contributed by atoms with van der Waals surface area (Å²) in [5.41, 5.74) is -0.784. The molecule has 0 radical (unpaired) electrons. The van der Waals surface area contributed by atoms with Gasteiger partial charge in [-0.05, 0) is 24.5 Å². The topological polar surface area (TPSA) is 60.9 Å². The summed E-state index contributed by atoms with van der Waals surface area (Å²) in [5, 5.41) is 0. The molecule has 0 N–H and O–H groups in total. The van der Waals surface area contributed by atoms with Gasteiger partial charge >= 0.3 is 6.18 Å². The lowest BCUT2D eigenvalue weighted by molar-refractivity contribution is -0.152. The molecule has 3 heterocycles. The van der Waals surface area contributed by atoms with E-state index in [9.17, 15) is 27.6 Å². The van der Waals surface area contributed by atoms with Crippen LogP contribution in [0.5, 0.6) is 0 Å². The number of benzene rings is 1. The van der Waals surface area contributed by atoms with Crippen LogP contribution >= 0.6 is 0 Å². The summed E-state index contributed by atoms with van der Waals surface area (Å²) in [6, 6.07) is 5.13. The first-order valence-electron chi connectivity index (χ1n) is 10.2. The highest BCUT2D eigenvalue weighted by Gasteiger charge is 2.46. The Morgan fingerprint density at radius 1 is 1.07 bits per heavy atom. The maximum absolute atomic E-state index is 13.2. The Hall–Kier alpha value is -2.58. The SMILES string of the molecule is O=C1CCCN1CC(=O)N1CC[C@H]2[C@@H](C1)CN2C(=O)Cc1ccccc1C(F)(F)F. The van der Waals surface area contributed by atoms with Crippen molar-refractivity contribution in [3.8, 4) is 0 Å². The van der Waals surface area contributed by atoms with Crippen molar-refractivity contribution in [3.63, 3.8) is 0 Å². The summed E-state index contributed by atoms with van der Waals surface area (Å²) in [4.78, 5) is 41.8. The minimum absolute atomic E-state index is 0.0118. The van der Waals surface area contributed by atoms with Crippen molar-refractivity contribution in [2.24, 2.45) is 5.92 Å². The number of halogens is 3. The molecular formula is C21H24F3N3O3. The van der Waals surface area contributed by atoms with Crippen LogP contribution in [-0.2, 0) is 27.0 Å². The molecule has 0 unspecified atom stereocenters. The molecule has 30 heavy (non-hydrogen) atoms. The van der Waals surface area contributed by atoms with Crippen LogP contribution in [0.3, 0.4) is 0 Å². The Labute approximate surface area is 172 Å². The number of carbonyl (C=O) groups excluding carboxylic acids is 3. The molecule has 1 aromatic carbocycles. The van der Waals surface area contributed by atoms with Crippen LogP contribution < -0.4 is 0 Å². The number of alkyl halides is 3. The minimum atomic E-state index is -4.49. The molecule has 4 rings (SSSR count). The first kappa shape index (κ1) is 20.7. The van der Waals surface area contributed by atoms with Gasteiger partial charge in [0.05, 0.1) is 18.5 Å². The number of fused-ring (bicyclic) bond motifs is 1. The molecule has 2 atom stereocenters. The van der Waals surface area contributed by atoms with Crippen LogP contribution in [0.15, 0.2) is 24.3 Å². The molecule has 0 aromatic heterocycles. The summed E-state index contributed by atoms with van der Waals surface area (Å²) >= 11 is 0. The Bertz CT molecular complexity index is 857. The normalized spacial score (nSPS) is 24.0. The average molecular weight is 423 g/mol. The summed E-state index contributed by atoms with van der Waals surface area (Å²) < 4.78 is 39.5. The molecule has 1 aromatic rings. The summed E-state index contributed by atoms with van der Waals surface area (Å²) in [5.74, 6) is -0.237. The van der Waals surface area contributed by atoms with Crippen LogP contribution in [-0.4, -0.2) is 71.2 Å². The molecule has 0 spiro atoms. The van der Waals surface area contributed by atoms with E-state index in [1.54, 1.807) is 14.7 Å². The van der Waals surface area contributed by atoms with Gasteiger partial charge in [-0.3, -0.25) is 14.4 Å². The van der Waals surface area contributed by atoms with Gasteiger partial charge in [0.15, 0.2) is 0 Å². The second-order valence-corrected chi connectivity index (χ2v) is 8.25. The highest BCUT2D eigenvalue weighted by Crippen LogP contribution is 2.35. The molecule has 3 aliphatic rings. The van der Waals surface area contributed by atoms with E-state index in [4.69, 9.17) is 0 Å². The standard InChI is InChI=1S/C21H24F3N3O3/c22-21(23,24)16-5-2-1-4-14(16)10-19(29)27-12-15-11-26(9-7-17(15)27)20(30)13-25-8-3-6-18(25)28/h1-2,4-5,15,17H,3,6-13H2/t15-,17-/m0/s1. The quantitative estimate of drug-likeness (QED) is 0.744. The van der Waals surface area contributed by atoms with Gasteiger partial charge in [-0.25, -0.2) is 0 Å².